The zero-order chi connectivity index (χ0) is 17.6. The normalized spacial score (nSPS) is 12.8. The number of hydrogen-bond donors (Lipinski definition) is 1. The Balaban J connectivity index is 2.86. The molecule has 1 atom stereocenters. The SMILES string of the molecule is CCOC(=O)c1csc(C(CC(C)C)NC(=O)OC(C)(C)C)n1. The van der Waals surface area contributed by atoms with Crippen molar-refractivity contribution in [1.29, 1.82) is 0 Å². The van der Waals surface area contributed by atoms with Crippen molar-refractivity contribution in [2.75, 3.05) is 6.61 Å². The summed E-state index contributed by atoms with van der Waals surface area (Å²) < 4.78 is 10.2. The van der Waals surface area contributed by atoms with E-state index in [4.69, 9.17) is 9.47 Å². The van der Waals surface area contributed by atoms with Crippen molar-refractivity contribution in [1.82, 2.24) is 10.3 Å². The van der Waals surface area contributed by atoms with Gasteiger partial charge >= 0.3 is 12.1 Å². The highest BCUT2D eigenvalue weighted by Crippen LogP contribution is 2.25. The number of rotatable bonds is 6. The summed E-state index contributed by atoms with van der Waals surface area (Å²) in [6, 6.07) is -0.293. The Bertz CT molecular complexity index is 534. The third-order valence-corrected chi connectivity index (χ3v) is 3.66. The zero-order valence-corrected chi connectivity index (χ0v) is 15.5. The van der Waals surface area contributed by atoms with Gasteiger partial charge in [-0.2, -0.15) is 0 Å². The summed E-state index contributed by atoms with van der Waals surface area (Å²) in [5.74, 6) is -0.0968. The molecule has 1 aromatic heterocycles. The second-order valence-corrected chi connectivity index (χ2v) is 7.51. The molecule has 1 unspecified atom stereocenters. The van der Waals surface area contributed by atoms with E-state index < -0.39 is 17.7 Å². The van der Waals surface area contributed by atoms with Gasteiger partial charge in [0.05, 0.1) is 12.6 Å². The molecule has 0 aliphatic rings. The van der Waals surface area contributed by atoms with E-state index in [1.807, 2.05) is 20.8 Å². The molecule has 0 aromatic carbocycles. The average molecular weight is 342 g/mol. The van der Waals surface area contributed by atoms with Crippen molar-refractivity contribution in [2.45, 2.75) is 59.6 Å². The molecule has 130 valence electrons. The van der Waals surface area contributed by atoms with Crippen LogP contribution < -0.4 is 5.32 Å². The molecule has 0 saturated heterocycles. The van der Waals surface area contributed by atoms with Crippen LogP contribution in [0.25, 0.3) is 0 Å². The van der Waals surface area contributed by atoms with Gasteiger partial charge in [0.2, 0.25) is 0 Å². The van der Waals surface area contributed by atoms with Crippen LogP contribution in [-0.2, 0) is 9.47 Å². The van der Waals surface area contributed by atoms with Gasteiger partial charge < -0.3 is 14.8 Å². The van der Waals surface area contributed by atoms with Crippen LogP contribution in [0.15, 0.2) is 5.38 Å². The Morgan fingerprint density at radius 1 is 1.35 bits per heavy atom. The first-order valence-electron chi connectivity index (χ1n) is 7.74. The summed E-state index contributed by atoms with van der Waals surface area (Å²) in [5.41, 5.74) is -0.294. The molecule has 0 radical (unpaired) electrons. The predicted molar refractivity (Wildman–Crippen MR) is 89.6 cm³/mol. The van der Waals surface area contributed by atoms with Crippen LogP contribution in [-0.4, -0.2) is 29.3 Å². The summed E-state index contributed by atoms with van der Waals surface area (Å²) >= 11 is 1.33. The second kappa shape index (κ2) is 8.29. The molecule has 1 amide bonds. The molecule has 1 heterocycles. The summed E-state index contributed by atoms with van der Waals surface area (Å²) in [7, 11) is 0. The first-order chi connectivity index (χ1) is 10.6. The lowest BCUT2D eigenvalue weighted by atomic mass is 10.0. The summed E-state index contributed by atoms with van der Waals surface area (Å²) in [4.78, 5) is 28.0. The van der Waals surface area contributed by atoms with Crippen LogP contribution >= 0.6 is 11.3 Å². The van der Waals surface area contributed by atoms with Gasteiger partial charge in [0.25, 0.3) is 0 Å². The van der Waals surface area contributed by atoms with Gasteiger partial charge in [0, 0.05) is 5.38 Å². The number of nitrogens with zero attached hydrogens (tertiary/aromatic N) is 1. The Kier molecular flexibility index (Phi) is 7.00. The minimum Gasteiger partial charge on any atom is -0.461 e. The molecule has 1 N–H and O–H groups in total. The summed E-state index contributed by atoms with van der Waals surface area (Å²) in [6.45, 7) is 11.6. The fraction of sp³-hybridized carbons (Fsp3) is 0.688. The lowest BCUT2D eigenvalue weighted by molar-refractivity contribution is 0.0497. The van der Waals surface area contributed by atoms with Gasteiger partial charge in [-0.25, -0.2) is 14.6 Å². The Morgan fingerprint density at radius 3 is 2.52 bits per heavy atom. The number of carbonyl (C=O) groups excluding carboxylic acids is 2. The standard InChI is InChI=1S/C16H26N2O4S/c1-7-21-14(19)12-9-23-13(17-12)11(8-10(2)3)18-15(20)22-16(4,5)6/h9-11H,7-8H2,1-6H3,(H,18,20). The highest BCUT2D eigenvalue weighted by Gasteiger charge is 2.24. The monoisotopic (exact) mass is 342 g/mol. The number of hydrogen-bond acceptors (Lipinski definition) is 6. The van der Waals surface area contributed by atoms with Crippen LogP contribution in [0, 0.1) is 5.92 Å². The van der Waals surface area contributed by atoms with E-state index in [1.165, 1.54) is 11.3 Å². The highest BCUT2D eigenvalue weighted by atomic mass is 32.1. The molecule has 23 heavy (non-hydrogen) atoms. The van der Waals surface area contributed by atoms with Gasteiger partial charge in [0.15, 0.2) is 5.69 Å². The van der Waals surface area contributed by atoms with Gasteiger partial charge in [-0.15, -0.1) is 11.3 Å². The summed E-state index contributed by atoms with van der Waals surface area (Å²) in [5, 5.41) is 5.16. The van der Waals surface area contributed by atoms with Crippen LogP contribution in [0.1, 0.15) is 69.5 Å². The minimum atomic E-state index is -0.564. The van der Waals surface area contributed by atoms with Gasteiger partial charge in [-0.1, -0.05) is 13.8 Å². The number of nitrogens with one attached hydrogen (secondary N) is 1. The molecule has 1 aromatic rings. The maximum absolute atomic E-state index is 12.0. The van der Waals surface area contributed by atoms with E-state index in [-0.39, 0.29) is 11.7 Å². The molecule has 6 nitrogen and oxygen atoms in total. The number of thiazole rings is 1. The number of ether oxygens (including phenoxy) is 2. The lowest BCUT2D eigenvalue weighted by Crippen LogP contribution is -2.35. The largest absolute Gasteiger partial charge is 0.461 e. The molecule has 0 fully saturated rings. The number of amides is 1. The van der Waals surface area contributed by atoms with E-state index in [9.17, 15) is 9.59 Å². The molecular weight excluding hydrogens is 316 g/mol. The van der Waals surface area contributed by atoms with E-state index >= 15 is 0 Å². The maximum Gasteiger partial charge on any atom is 0.408 e. The van der Waals surface area contributed by atoms with Crippen LogP contribution in [0.4, 0.5) is 4.79 Å². The summed E-state index contributed by atoms with van der Waals surface area (Å²) in [6.07, 6.45) is 0.214. The minimum absolute atomic E-state index is 0.270. The molecule has 7 heteroatoms. The first kappa shape index (κ1) is 19.4. The van der Waals surface area contributed by atoms with Gasteiger partial charge in [-0.3, -0.25) is 0 Å². The highest BCUT2D eigenvalue weighted by molar-refractivity contribution is 7.09. The predicted octanol–water partition coefficient (Wildman–Crippen LogP) is 3.93. The van der Waals surface area contributed by atoms with Crippen molar-refractivity contribution >= 4 is 23.4 Å². The molecular formula is C16H26N2O4S. The topological polar surface area (TPSA) is 77.5 Å². The van der Waals surface area contributed by atoms with Crippen molar-refractivity contribution in [3.05, 3.63) is 16.1 Å². The Labute approximate surface area is 141 Å². The average Bonchev–Trinajstić information content (AvgIpc) is 2.84. The molecule has 1 rings (SSSR count). The smallest absolute Gasteiger partial charge is 0.408 e. The van der Waals surface area contributed by atoms with Crippen LogP contribution in [0.5, 0.6) is 0 Å². The van der Waals surface area contributed by atoms with E-state index in [0.717, 1.165) is 0 Å². The van der Waals surface area contributed by atoms with Gasteiger partial charge in [0.1, 0.15) is 10.6 Å². The number of esters is 1. The lowest BCUT2D eigenvalue weighted by Gasteiger charge is -2.23. The third-order valence-electron chi connectivity index (χ3n) is 2.70. The maximum atomic E-state index is 12.0. The zero-order valence-electron chi connectivity index (χ0n) is 14.6. The fourth-order valence-corrected chi connectivity index (χ4v) is 2.74. The molecule has 0 aliphatic heterocycles. The number of alkyl carbamates (subject to hydrolysis) is 1. The van der Waals surface area contributed by atoms with Crippen LogP contribution in [0.2, 0.25) is 0 Å². The van der Waals surface area contributed by atoms with E-state index in [2.05, 4.69) is 24.1 Å². The second-order valence-electron chi connectivity index (χ2n) is 6.62. The molecule has 0 saturated carbocycles. The van der Waals surface area contributed by atoms with Crippen molar-refractivity contribution in [3.8, 4) is 0 Å². The Hall–Kier alpha value is -1.63. The fourth-order valence-electron chi connectivity index (χ4n) is 1.89. The third kappa shape index (κ3) is 6.99. The molecule has 0 bridgehead atoms. The van der Waals surface area contributed by atoms with E-state index in [0.29, 0.717) is 24.0 Å². The van der Waals surface area contributed by atoms with Crippen molar-refractivity contribution in [2.24, 2.45) is 5.92 Å². The number of aromatic nitrogens is 1. The van der Waals surface area contributed by atoms with Crippen LogP contribution in [0.3, 0.4) is 0 Å². The first-order valence-corrected chi connectivity index (χ1v) is 8.62. The van der Waals surface area contributed by atoms with E-state index in [1.54, 1.807) is 12.3 Å². The molecule has 0 spiro atoms. The van der Waals surface area contributed by atoms with Crippen molar-refractivity contribution < 1.29 is 19.1 Å². The number of carbonyl (C=O) groups is 2. The molecule has 0 aliphatic carbocycles. The van der Waals surface area contributed by atoms with Crippen molar-refractivity contribution in [3.63, 3.8) is 0 Å². The Morgan fingerprint density at radius 2 is 2.00 bits per heavy atom. The van der Waals surface area contributed by atoms with Gasteiger partial charge in [-0.05, 0) is 40.0 Å². The quantitative estimate of drug-likeness (QED) is 0.793.